The summed E-state index contributed by atoms with van der Waals surface area (Å²) in [6, 6.07) is 0. The van der Waals surface area contributed by atoms with Crippen molar-refractivity contribution < 1.29 is 0 Å². The van der Waals surface area contributed by atoms with Crippen LogP contribution in [-0.4, -0.2) is 55.4 Å². The molecule has 74 valence electrons. The molecule has 2 saturated heterocycles. The highest BCUT2D eigenvalue weighted by Crippen LogP contribution is 2.19. The molecule has 2 heterocycles. The van der Waals surface area contributed by atoms with E-state index in [9.17, 15) is 0 Å². The highest BCUT2D eigenvalue weighted by Gasteiger charge is 2.13. The van der Waals surface area contributed by atoms with E-state index in [-0.39, 0.29) is 0 Å². The molecule has 2 rings (SSSR count). The topological polar surface area (TPSA) is 18.5 Å². The maximum atomic E-state index is 3.33. The number of thioether (sulfide) groups is 1. The van der Waals surface area contributed by atoms with Gasteiger partial charge < -0.3 is 15.1 Å². The summed E-state index contributed by atoms with van der Waals surface area (Å²) in [7, 11) is 2.19. The monoisotopic (exact) mass is 199 g/mol. The maximum Gasteiger partial charge on any atom is 0.0466 e. The molecule has 0 radical (unpaired) electrons. The quantitative estimate of drug-likeness (QED) is 0.657. The van der Waals surface area contributed by atoms with E-state index in [1.54, 1.807) is 0 Å². The number of hydrogen-bond donors (Lipinski definition) is 1. The summed E-state index contributed by atoms with van der Waals surface area (Å²) >= 11 is 1.93. The Hall–Kier alpha value is -0.190. The minimum absolute atomic E-state index is 1.07. The average molecular weight is 199 g/mol. The van der Waals surface area contributed by atoms with Gasteiger partial charge in [-0.2, -0.15) is 0 Å². The number of nitrogens with zero attached hydrogens (tertiary/aromatic N) is 2. The number of rotatable bonds is 1. The van der Waals surface area contributed by atoms with E-state index in [1.165, 1.54) is 31.1 Å². The highest BCUT2D eigenvalue weighted by molar-refractivity contribution is 8.03. The SMILES string of the molecule is CN1CCN(C=C2CNCS2)CC1. The zero-order chi connectivity index (χ0) is 9.10. The predicted molar refractivity (Wildman–Crippen MR) is 57.6 cm³/mol. The lowest BCUT2D eigenvalue weighted by molar-refractivity contribution is 0.198. The van der Waals surface area contributed by atoms with Crippen LogP contribution in [0.4, 0.5) is 0 Å². The Morgan fingerprint density at radius 3 is 2.69 bits per heavy atom. The van der Waals surface area contributed by atoms with E-state index < -0.39 is 0 Å². The predicted octanol–water partition coefficient (Wildman–Crippen LogP) is 0.369. The molecule has 0 spiro atoms. The van der Waals surface area contributed by atoms with Crippen LogP contribution in [-0.2, 0) is 0 Å². The summed E-state index contributed by atoms with van der Waals surface area (Å²) in [5.41, 5.74) is 0. The van der Waals surface area contributed by atoms with Crippen molar-refractivity contribution in [3.63, 3.8) is 0 Å². The minimum atomic E-state index is 1.07. The summed E-state index contributed by atoms with van der Waals surface area (Å²) in [5.74, 6) is 1.08. The fraction of sp³-hybridized carbons (Fsp3) is 0.778. The van der Waals surface area contributed by atoms with Crippen molar-refractivity contribution in [2.24, 2.45) is 0 Å². The van der Waals surface area contributed by atoms with Crippen LogP contribution in [0.2, 0.25) is 0 Å². The van der Waals surface area contributed by atoms with E-state index in [1.807, 2.05) is 11.8 Å². The molecule has 2 aliphatic heterocycles. The average Bonchev–Trinajstić information content (AvgIpc) is 2.62. The molecule has 0 aliphatic carbocycles. The molecule has 0 aromatic heterocycles. The van der Waals surface area contributed by atoms with Gasteiger partial charge in [-0.1, -0.05) is 0 Å². The summed E-state index contributed by atoms with van der Waals surface area (Å²) in [5, 5.41) is 3.33. The van der Waals surface area contributed by atoms with Crippen LogP contribution in [0.1, 0.15) is 0 Å². The third-order valence-electron chi connectivity index (χ3n) is 2.52. The molecule has 13 heavy (non-hydrogen) atoms. The van der Waals surface area contributed by atoms with Gasteiger partial charge in [0, 0.05) is 49.7 Å². The Kier molecular flexibility index (Phi) is 3.14. The first-order chi connectivity index (χ1) is 6.34. The van der Waals surface area contributed by atoms with E-state index in [2.05, 4.69) is 28.4 Å². The van der Waals surface area contributed by atoms with Crippen molar-refractivity contribution >= 4 is 11.8 Å². The lowest BCUT2D eigenvalue weighted by Crippen LogP contribution is -2.41. The molecule has 0 atom stereocenters. The van der Waals surface area contributed by atoms with Crippen molar-refractivity contribution in [2.45, 2.75) is 0 Å². The van der Waals surface area contributed by atoms with Crippen molar-refractivity contribution in [2.75, 3.05) is 45.6 Å². The first-order valence-corrected chi connectivity index (χ1v) is 5.80. The first kappa shape index (κ1) is 9.37. The van der Waals surface area contributed by atoms with Crippen LogP contribution < -0.4 is 5.32 Å². The second-order valence-corrected chi connectivity index (χ2v) is 4.75. The largest absolute Gasteiger partial charge is 0.374 e. The molecule has 0 amide bonds. The van der Waals surface area contributed by atoms with Gasteiger partial charge in [0.25, 0.3) is 0 Å². The van der Waals surface area contributed by atoms with Gasteiger partial charge in [-0.3, -0.25) is 0 Å². The maximum absolute atomic E-state index is 3.33. The third-order valence-corrected chi connectivity index (χ3v) is 3.49. The molecule has 0 aromatic rings. The summed E-state index contributed by atoms with van der Waals surface area (Å²) in [6.45, 7) is 5.82. The second-order valence-electron chi connectivity index (χ2n) is 3.65. The second kappa shape index (κ2) is 4.35. The summed E-state index contributed by atoms with van der Waals surface area (Å²) < 4.78 is 0. The molecule has 1 N–H and O–H groups in total. The van der Waals surface area contributed by atoms with Gasteiger partial charge in [-0.25, -0.2) is 0 Å². The number of nitrogens with one attached hydrogen (secondary N) is 1. The van der Waals surface area contributed by atoms with Crippen LogP contribution in [0.15, 0.2) is 11.1 Å². The van der Waals surface area contributed by atoms with Gasteiger partial charge in [-0.15, -0.1) is 11.8 Å². The zero-order valence-corrected chi connectivity index (χ0v) is 8.94. The zero-order valence-electron chi connectivity index (χ0n) is 8.12. The van der Waals surface area contributed by atoms with Gasteiger partial charge in [0.15, 0.2) is 0 Å². The van der Waals surface area contributed by atoms with E-state index >= 15 is 0 Å². The Balaban J connectivity index is 1.84. The molecule has 2 fully saturated rings. The summed E-state index contributed by atoms with van der Waals surface area (Å²) in [4.78, 5) is 6.31. The normalized spacial score (nSPS) is 28.7. The van der Waals surface area contributed by atoms with Gasteiger partial charge in [0.2, 0.25) is 0 Å². The van der Waals surface area contributed by atoms with Gasteiger partial charge in [0.1, 0.15) is 0 Å². The molecule has 0 aromatic carbocycles. The standard InChI is InChI=1S/C9H17N3S/c1-11-2-4-12(5-3-11)7-9-6-10-8-13-9/h7,10H,2-6,8H2,1H3. The van der Waals surface area contributed by atoms with Crippen LogP contribution in [0, 0.1) is 0 Å². The molecule has 4 heteroatoms. The summed E-state index contributed by atoms with van der Waals surface area (Å²) in [6.07, 6.45) is 2.33. The highest BCUT2D eigenvalue weighted by atomic mass is 32.2. The van der Waals surface area contributed by atoms with Gasteiger partial charge in [-0.05, 0) is 7.05 Å². The number of piperazine rings is 1. The van der Waals surface area contributed by atoms with Crippen molar-refractivity contribution in [3.05, 3.63) is 11.1 Å². The Labute approximate surface area is 84.2 Å². The Morgan fingerprint density at radius 1 is 1.31 bits per heavy atom. The van der Waals surface area contributed by atoms with E-state index in [0.29, 0.717) is 0 Å². The van der Waals surface area contributed by atoms with Crippen LogP contribution >= 0.6 is 11.8 Å². The van der Waals surface area contributed by atoms with Crippen molar-refractivity contribution in [1.82, 2.24) is 15.1 Å². The van der Waals surface area contributed by atoms with Crippen LogP contribution in [0.25, 0.3) is 0 Å². The molecule has 0 bridgehead atoms. The van der Waals surface area contributed by atoms with Crippen LogP contribution in [0.5, 0.6) is 0 Å². The minimum Gasteiger partial charge on any atom is -0.374 e. The third kappa shape index (κ3) is 2.62. The molecule has 0 saturated carbocycles. The van der Waals surface area contributed by atoms with Crippen LogP contribution in [0.3, 0.4) is 0 Å². The Bertz CT molecular complexity index is 189. The van der Waals surface area contributed by atoms with Gasteiger partial charge in [0.05, 0.1) is 0 Å². The van der Waals surface area contributed by atoms with Crippen molar-refractivity contribution in [1.29, 1.82) is 0 Å². The first-order valence-electron chi connectivity index (χ1n) is 4.81. The smallest absolute Gasteiger partial charge is 0.0466 e. The Morgan fingerprint density at radius 2 is 2.08 bits per heavy atom. The lowest BCUT2D eigenvalue weighted by atomic mass is 10.3. The number of likely N-dealkylation sites (N-methyl/N-ethyl adjacent to an activating group) is 1. The lowest BCUT2D eigenvalue weighted by Gasteiger charge is -2.31. The molecular weight excluding hydrogens is 182 g/mol. The molecular formula is C9H17N3S. The molecule has 2 aliphatic rings. The van der Waals surface area contributed by atoms with E-state index in [4.69, 9.17) is 0 Å². The fourth-order valence-electron chi connectivity index (χ4n) is 1.61. The van der Waals surface area contributed by atoms with Gasteiger partial charge >= 0.3 is 0 Å². The molecule has 3 nitrogen and oxygen atoms in total. The van der Waals surface area contributed by atoms with E-state index in [0.717, 1.165) is 12.4 Å². The fourth-order valence-corrected chi connectivity index (χ4v) is 2.42. The number of hydrogen-bond acceptors (Lipinski definition) is 4. The molecule has 0 unspecified atom stereocenters. The van der Waals surface area contributed by atoms with Crippen molar-refractivity contribution in [3.8, 4) is 0 Å².